The van der Waals surface area contributed by atoms with Gasteiger partial charge in [0.15, 0.2) is 6.40 Å². The van der Waals surface area contributed by atoms with E-state index in [1.807, 2.05) is 0 Å². The fourth-order valence-corrected chi connectivity index (χ4v) is 0.952. The van der Waals surface area contributed by atoms with Crippen molar-refractivity contribution in [3.63, 3.8) is 0 Å². The van der Waals surface area contributed by atoms with Gasteiger partial charge >= 0.3 is 0 Å². The summed E-state index contributed by atoms with van der Waals surface area (Å²) < 4.78 is 4.80. The van der Waals surface area contributed by atoms with Crippen molar-refractivity contribution < 1.29 is 9.53 Å². The zero-order valence-electron chi connectivity index (χ0n) is 8.19. The predicted octanol–water partition coefficient (Wildman–Crippen LogP) is 1.36. The molecule has 0 saturated heterocycles. The minimum atomic E-state index is -0.114. The molecule has 0 unspecified atom stereocenters. The van der Waals surface area contributed by atoms with Crippen molar-refractivity contribution in [1.82, 2.24) is 5.32 Å². The molecule has 76 valence electrons. The van der Waals surface area contributed by atoms with Crippen molar-refractivity contribution in [3.05, 3.63) is 24.1 Å². The molecule has 0 bridgehead atoms. The van der Waals surface area contributed by atoms with E-state index in [1.165, 1.54) is 18.9 Å². The average Bonchev–Trinajstić information content (AvgIpc) is 2.46. The van der Waals surface area contributed by atoms with Gasteiger partial charge in [-0.1, -0.05) is 13.3 Å². The number of unbranched alkanes of at least 4 members (excludes halogenated alkanes) is 1. The summed E-state index contributed by atoms with van der Waals surface area (Å²) in [4.78, 5) is 15.2. The van der Waals surface area contributed by atoms with E-state index in [0.29, 0.717) is 12.1 Å². The molecule has 0 saturated carbocycles. The summed E-state index contributed by atoms with van der Waals surface area (Å²) in [6, 6.07) is 0. The zero-order chi connectivity index (χ0) is 10.2. The first kappa shape index (κ1) is 10.5. The Kier molecular flexibility index (Phi) is 4.47. The van der Waals surface area contributed by atoms with Gasteiger partial charge in [0.05, 0.1) is 11.8 Å². The van der Waals surface area contributed by atoms with E-state index in [2.05, 4.69) is 17.2 Å². The molecule has 0 aromatic carbocycles. The second kappa shape index (κ2) is 5.96. The lowest BCUT2D eigenvalue weighted by molar-refractivity contribution is -0.117. The van der Waals surface area contributed by atoms with Gasteiger partial charge in [-0.2, -0.15) is 0 Å². The van der Waals surface area contributed by atoms with E-state index >= 15 is 0 Å². The maximum atomic E-state index is 11.5. The number of hydrogen-bond donors (Lipinski definition) is 1. The van der Waals surface area contributed by atoms with E-state index in [9.17, 15) is 4.79 Å². The largest absolute Gasteiger partial charge is 0.453 e. The van der Waals surface area contributed by atoms with Crippen molar-refractivity contribution in [3.8, 4) is 0 Å². The van der Waals surface area contributed by atoms with Crippen LogP contribution in [0.3, 0.4) is 0 Å². The molecule has 0 aromatic heterocycles. The van der Waals surface area contributed by atoms with Crippen LogP contribution in [0.4, 0.5) is 0 Å². The van der Waals surface area contributed by atoms with Gasteiger partial charge in [-0.25, -0.2) is 4.99 Å². The van der Waals surface area contributed by atoms with Crippen LogP contribution in [0.2, 0.25) is 0 Å². The molecule has 1 amide bonds. The van der Waals surface area contributed by atoms with Crippen LogP contribution < -0.4 is 5.32 Å². The monoisotopic (exact) mass is 194 g/mol. The second-order valence-corrected chi connectivity index (χ2v) is 2.89. The Morgan fingerprint density at radius 2 is 2.50 bits per heavy atom. The molecule has 1 aliphatic heterocycles. The molecule has 0 radical (unpaired) electrons. The highest BCUT2D eigenvalue weighted by Crippen LogP contribution is 2.01. The summed E-state index contributed by atoms with van der Waals surface area (Å²) >= 11 is 0. The molecule has 0 spiro atoms. The molecule has 0 aromatic rings. The Morgan fingerprint density at radius 1 is 1.64 bits per heavy atom. The van der Waals surface area contributed by atoms with Crippen molar-refractivity contribution in [2.24, 2.45) is 4.99 Å². The van der Waals surface area contributed by atoms with Crippen LogP contribution in [0, 0.1) is 0 Å². The molecule has 14 heavy (non-hydrogen) atoms. The number of carbonyl (C=O) groups excluding carboxylic acids is 1. The Labute approximate surface area is 83.4 Å². The SMILES string of the molecule is CCCCNC(=O)C1=CN=COC=C1. The lowest BCUT2D eigenvalue weighted by Crippen LogP contribution is -2.25. The number of amides is 1. The molecule has 0 aliphatic carbocycles. The average molecular weight is 194 g/mol. The first-order valence-corrected chi connectivity index (χ1v) is 4.66. The molecule has 1 heterocycles. The van der Waals surface area contributed by atoms with Crippen LogP contribution >= 0.6 is 0 Å². The van der Waals surface area contributed by atoms with Gasteiger partial charge < -0.3 is 10.1 Å². The van der Waals surface area contributed by atoms with E-state index in [0.717, 1.165) is 12.8 Å². The Bertz CT molecular complexity index is 280. The van der Waals surface area contributed by atoms with Gasteiger partial charge in [0.25, 0.3) is 5.91 Å². The first-order chi connectivity index (χ1) is 6.84. The fraction of sp³-hybridized carbons (Fsp3) is 0.400. The molecule has 4 heteroatoms. The summed E-state index contributed by atoms with van der Waals surface area (Å²) in [5, 5.41) is 2.79. The first-order valence-electron chi connectivity index (χ1n) is 4.66. The van der Waals surface area contributed by atoms with Crippen LogP contribution in [0.25, 0.3) is 0 Å². The maximum Gasteiger partial charge on any atom is 0.252 e. The third kappa shape index (κ3) is 3.43. The smallest absolute Gasteiger partial charge is 0.252 e. The molecular formula is C10H14N2O2. The molecule has 1 N–H and O–H groups in total. The van der Waals surface area contributed by atoms with Gasteiger partial charge in [0, 0.05) is 12.7 Å². The highest BCUT2D eigenvalue weighted by molar-refractivity contribution is 5.96. The molecular weight excluding hydrogens is 180 g/mol. The Hall–Kier alpha value is -1.58. The maximum absolute atomic E-state index is 11.5. The number of nitrogens with zero attached hydrogens (tertiary/aromatic N) is 1. The Balaban J connectivity index is 2.43. The normalized spacial score (nSPS) is 14.2. The van der Waals surface area contributed by atoms with Gasteiger partial charge in [0.2, 0.25) is 0 Å². The lowest BCUT2D eigenvalue weighted by atomic mass is 10.2. The predicted molar refractivity (Wildman–Crippen MR) is 54.7 cm³/mol. The van der Waals surface area contributed by atoms with Crippen molar-refractivity contribution in [2.75, 3.05) is 6.54 Å². The summed E-state index contributed by atoms with van der Waals surface area (Å²) in [6.45, 7) is 2.78. The summed E-state index contributed by atoms with van der Waals surface area (Å²) in [6.07, 6.45) is 7.84. The topological polar surface area (TPSA) is 50.7 Å². The quantitative estimate of drug-likeness (QED) is 0.687. The highest BCUT2D eigenvalue weighted by Gasteiger charge is 2.05. The van der Waals surface area contributed by atoms with Crippen molar-refractivity contribution in [2.45, 2.75) is 19.8 Å². The minimum absolute atomic E-state index is 0.114. The number of aliphatic imine (C=N–C) groups is 1. The third-order valence-corrected chi connectivity index (χ3v) is 1.74. The summed E-state index contributed by atoms with van der Waals surface area (Å²) in [5.41, 5.74) is 0.509. The second-order valence-electron chi connectivity index (χ2n) is 2.89. The van der Waals surface area contributed by atoms with E-state index in [4.69, 9.17) is 4.74 Å². The Morgan fingerprint density at radius 3 is 3.29 bits per heavy atom. The van der Waals surface area contributed by atoms with Gasteiger partial charge in [0.1, 0.15) is 0 Å². The molecule has 1 rings (SSSR count). The fourth-order valence-electron chi connectivity index (χ4n) is 0.952. The zero-order valence-corrected chi connectivity index (χ0v) is 8.19. The van der Waals surface area contributed by atoms with Crippen molar-refractivity contribution in [1.29, 1.82) is 0 Å². The molecule has 0 atom stereocenters. The number of ether oxygens (including phenoxy) is 1. The van der Waals surface area contributed by atoms with Crippen LogP contribution in [-0.4, -0.2) is 18.9 Å². The molecule has 0 fully saturated rings. The van der Waals surface area contributed by atoms with E-state index in [-0.39, 0.29) is 5.91 Å². The number of carbonyl (C=O) groups is 1. The van der Waals surface area contributed by atoms with Crippen LogP contribution in [0.5, 0.6) is 0 Å². The van der Waals surface area contributed by atoms with Crippen LogP contribution in [-0.2, 0) is 9.53 Å². The molecule has 4 nitrogen and oxygen atoms in total. The summed E-state index contributed by atoms with van der Waals surface area (Å²) in [5.74, 6) is -0.114. The number of hydrogen-bond acceptors (Lipinski definition) is 3. The van der Waals surface area contributed by atoms with Crippen LogP contribution in [0.1, 0.15) is 19.8 Å². The minimum Gasteiger partial charge on any atom is -0.453 e. The molecule has 1 aliphatic rings. The number of nitrogens with one attached hydrogen (secondary N) is 1. The lowest BCUT2D eigenvalue weighted by Gasteiger charge is -2.02. The van der Waals surface area contributed by atoms with Gasteiger partial charge in [-0.15, -0.1) is 0 Å². The van der Waals surface area contributed by atoms with E-state index in [1.54, 1.807) is 6.08 Å². The van der Waals surface area contributed by atoms with Gasteiger partial charge in [-0.3, -0.25) is 4.79 Å². The number of rotatable bonds is 4. The van der Waals surface area contributed by atoms with Crippen LogP contribution in [0.15, 0.2) is 29.1 Å². The standard InChI is InChI=1S/C10H14N2O2/c1-2-3-5-12-10(13)9-4-6-14-8-11-7-9/h4,6-8H,2-3,5H2,1H3,(H,12,13). The highest BCUT2D eigenvalue weighted by atomic mass is 16.5. The summed E-state index contributed by atoms with van der Waals surface area (Å²) in [7, 11) is 0. The van der Waals surface area contributed by atoms with Crippen molar-refractivity contribution >= 4 is 12.3 Å². The van der Waals surface area contributed by atoms with Gasteiger partial charge in [-0.05, 0) is 12.5 Å². The third-order valence-electron chi connectivity index (χ3n) is 1.74. The van der Waals surface area contributed by atoms with E-state index < -0.39 is 0 Å².